The number of benzene rings is 1. The zero-order chi connectivity index (χ0) is 14.1. The molecule has 1 heterocycles. The lowest BCUT2D eigenvalue weighted by Gasteiger charge is -2.00. The number of rotatable bonds is 2. The molecule has 1 aliphatic carbocycles. The van der Waals surface area contributed by atoms with Crippen LogP contribution in [0.25, 0.3) is 11.3 Å². The van der Waals surface area contributed by atoms with E-state index in [0.717, 1.165) is 0 Å². The fourth-order valence-electron chi connectivity index (χ4n) is 2.15. The van der Waals surface area contributed by atoms with Crippen molar-refractivity contribution >= 4 is 5.78 Å². The van der Waals surface area contributed by atoms with E-state index in [0.29, 0.717) is 11.3 Å². The van der Waals surface area contributed by atoms with Crippen molar-refractivity contribution < 1.29 is 9.18 Å². The molecule has 1 N–H and O–H groups in total. The van der Waals surface area contributed by atoms with E-state index in [1.54, 1.807) is 24.3 Å². The number of nitrogens with one attached hydrogen (secondary N) is 1. The molecule has 3 rings (SSSR count). The summed E-state index contributed by atoms with van der Waals surface area (Å²) >= 11 is 0. The Labute approximate surface area is 114 Å². The van der Waals surface area contributed by atoms with E-state index in [2.05, 4.69) is 4.98 Å². The highest BCUT2D eigenvalue weighted by molar-refractivity contribution is 6.12. The lowest BCUT2D eigenvalue weighted by atomic mass is 10.0. The Morgan fingerprint density at radius 3 is 2.40 bits per heavy atom. The Balaban J connectivity index is 2.17. The molecule has 1 aliphatic heterocycles. The molecule has 2 aliphatic rings. The second kappa shape index (κ2) is 4.74. The molecule has 98 valence electrons. The molecule has 1 aromatic carbocycles. The minimum Gasteiger partial charge on any atom is -0.321 e. The van der Waals surface area contributed by atoms with Gasteiger partial charge in [-0.3, -0.25) is 9.59 Å². The molecule has 0 amide bonds. The summed E-state index contributed by atoms with van der Waals surface area (Å²) in [5.41, 5.74) is 1.11. The summed E-state index contributed by atoms with van der Waals surface area (Å²) in [7, 11) is 0. The molecular formula is C16H10FNO2. The first-order chi connectivity index (χ1) is 9.66. The second-order valence-corrected chi connectivity index (χ2v) is 4.40. The summed E-state index contributed by atoms with van der Waals surface area (Å²) in [4.78, 5) is 27.0. The topological polar surface area (TPSA) is 49.9 Å². The van der Waals surface area contributed by atoms with Crippen LogP contribution < -0.4 is 5.56 Å². The number of hydrogen-bond acceptors (Lipinski definition) is 2. The highest BCUT2D eigenvalue weighted by atomic mass is 19.1. The second-order valence-electron chi connectivity index (χ2n) is 4.40. The number of ketones is 1. The largest absolute Gasteiger partial charge is 0.321 e. The zero-order valence-corrected chi connectivity index (χ0v) is 10.4. The normalized spacial score (nSPS) is 10.7. The van der Waals surface area contributed by atoms with Gasteiger partial charge in [0.1, 0.15) is 5.82 Å². The Kier molecular flexibility index (Phi) is 2.91. The maximum absolute atomic E-state index is 12.9. The maximum atomic E-state index is 12.9. The standard InChI is InChI=1S/C16H10FNO2/c17-11-8-6-10(7-9-11)15(19)14-12-4-2-1-3-5-13(12)18-16(14)20/h1-9H,(H,18,20). The summed E-state index contributed by atoms with van der Waals surface area (Å²) in [6, 6.07) is 13.9. The highest BCUT2D eigenvalue weighted by Crippen LogP contribution is 2.22. The Morgan fingerprint density at radius 2 is 1.65 bits per heavy atom. The van der Waals surface area contributed by atoms with Crippen LogP contribution in [-0.4, -0.2) is 10.8 Å². The Bertz CT molecular complexity index is 805. The van der Waals surface area contributed by atoms with Crippen LogP contribution in [0, 0.1) is 5.82 Å². The molecule has 0 radical (unpaired) electrons. The van der Waals surface area contributed by atoms with Gasteiger partial charge in [-0.15, -0.1) is 0 Å². The number of carbonyl (C=O) groups excluding carboxylic acids is 1. The third kappa shape index (κ3) is 2.01. The predicted molar refractivity (Wildman–Crippen MR) is 73.5 cm³/mol. The van der Waals surface area contributed by atoms with Crippen molar-refractivity contribution in [2.75, 3.05) is 0 Å². The van der Waals surface area contributed by atoms with Gasteiger partial charge >= 0.3 is 0 Å². The molecular weight excluding hydrogens is 257 g/mol. The molecule has 0 unspecified atom stereocenters. The fourth-order valence-corrected chi connectivity index (χ4v) is 2.15. The smallest absolute Gasteiger partial charge is 0.260 e. The van der Waals surface area contributed by atoms with Crippen molar-refractivity contribution in [3.63, 3.8) is 0 Å². The van der Waals surface area contributed by atoms with Crippen LogP contribution in [0.2, 0.25) is 0 Å². The average molecular weight is 267 g/mol. The van der Waals surface area contributed by atoms with Crippen molar-refractivity contribution in [2.45, 2.75) is 0 Å². The minimum absolute atomic E-state index is 0.0859. The number of H-pyrrole nitrogens is 1. The van der Waals surface area contributed by atoms with Crippen molar-refractivity contribution in [3.05, 3.63) is 81.9 Å². The van der Waals surface area contributed by atoms with E-state index in [-0.39, 0.29) is 11.1 Å². The van der Waals surface area contributed by atoms with Gasteiger partial charge in [0.15, 0.2) is 5.78 Å². The molecule has 20 heavy (non-hydrogen) atoms. The third-order valence-corrected chi connectivity index (χ3v) is 3.12. The van der Waals surface area contributed by atoms with E-state index in [9.17, 15) is 14.0 Å². The first kappa shape index (κ1) is 12.3. The molecule has 0 fully saturated rings. The van der Waals surface area contributed by atoms with Crippen LogP contribution in [0.3, 0.4) is 0 Å². The molecule has 0 saturated carbocycles. The van der Waals surface area contributed by atoms with Crippen molar-refractivity contribution in [1.29, 1.82) is 0 Å². The molecule has 0 spiro atoms. The number of hydrogen-bond donors (Lipinski definition) is 1. The van der Waals surface area contributed by atoms with E-state index in [4.69, 9.17) is 0 Å². The molecule has 0 bridgehead atoms. The van der Waals surface area contributed by atoms with Crippen molar-refractivity contribution in [3.8, 4) is 11.3 Å². The first-order valence-electron chi connectivity index (χ1n) is 6.08. The van der Waals surface area contributed by atoms with Gasteiger partial charge in [0.05, 0.1) is 5.56 Å². The summed E-state index contributed by atoms with van der Waals surface area (Å²) in [5, 5.41) is 0. The summed E-state index contributed by atoms with van der Waals surface area (Å²) in [5.74, 6) is -0.832. The fraction of sp³-hybridized carbons (Fsp3) is 0. The number of halogens is 1. The summed E-state index contributed by atoms with van der Waals surface area (Å²) in [6.07, 6.45) is 0. The van der Waals surface area contributed by atoms with Crippen LogP contribution in [0.4, 0.5) is 4.39 Å². The maximum Gasteiger partial charge on any atom is 0.260 e. The summed E-state index contributed by atoms with van der Waals surface area (Å²) < 4.78 is 12.9. The molecule has 1 aromatic rings. The van der Waals surface area contributed by atoms with Gasteiger partial charge in [-0.1, -0.05) is 24.3 Å². The average Bonchev–Trinajstić information content (AvgIpc) is 2.60. The molecule has 0 saturated heterocycles. The van der Waals surface area contributed by atoms with E-state index in [1.165, 1.54) is 24.3 Å². The first-order valence-corrected chi connectivity index (χ1v) is 6.08. The number of carbonyl (C=O) groups is 1. The van der Waals surface area contributed by atoms with Gasteiger partial charge in [0, 0.05) is 16.8 Å². The summed E-state index contributed by atoms with van der Waals surface area (Å²) in [6.45, 7) is 0. The van der Waals surface area contributed by atoms with Crippen LogP contribution in [0.5, 0.6) is 0 Å². The zero-order valence-electron chi connectivity index (χ0n) is 10.4. The van der Waals surface area contributed by atoms with Crippen LogP contribution in [0.15, 0.2) is 59.4 Å². The highest BCUT2D eigenvalue weighted by Gasteiger charge is 2.21. The predicted octanol–water partition coefficient (Wildman–Crippen LogP) is 2.85. The molecule has 4 heteroatoms. The monoisotopic (exact) mass is 267 g/mol. The van der Waals surface area contributed by atoms with Gasteiger partial charge in [-0.05, 0) is 30.3 Å². The van der Waals surface area contributed by atoms with E-state index < -0.39 is 17.2 Å². The van der Waals surface area contributed by atoms with Gasteiger partial charge < -0.3 is 4.98 Å². The van der Waals surface area contributed by atoms with Crippen molar-refractivity contribution in [1.82, 2.24) is 4.98 Å². The SMILES string of the molecule is O=C(c1ccc(F)cc1)c1c2cccccc-2[nH]c1=O. The van der Waals surface area contributed by atoms with Gasteiger partial charge in [-0.2, -0.15) is 0 Å². The Hall–Kier alpha value is -2.75. The van der Waals surface area contributed by atoms with Gasteiger partial charge in [-0.25, -0.2) is 4.39 Å². The van der Waals surface area contributed by atoms with Gasteiger partial charge in [0.2, 0.25) is 0 Å². The van der Waals surface area contributed by atoms with Gasteiger partial charge in [0.25, 0.3) is 5.56 Å². The lowest BCUT2D eigenvalue weighted by molar-refractivity contribution is 0.103. The van der Waals surface area contributed by atoms with Crippen molar-refractivity contribution in [2.24, 2.45) is 0 Å². The molecule has 0 atom stereocenters. The molecule has 3 nitrogen and oxygen atoms in total. The molecule has 0 aromatic heterocycles. The van der Waals surface area contributed by atoms with E-state index >= 15 is 0 Å². The third-order valence-electron chi connectivity index (χ3n) is 3.12. The minimum atomic E-state index is -0.430. The number of aromatic nitrogens is 1. The number of fused-ring (bicyclic) bond motifs is 1. The lowest BCUT2D eigenvalue weighted by Crippen LogP contribution is -2.13. The quantitative estimate of drug-likeness (QED) is 0.726. The van der Waals surface area contributed by atoms with E-state index in [1.807, 2.05) is 6.07 Å². The Morgan fingerprint density at radius 1 is 0.950 bits per heavy atom. The van der Waals surface area contributed by atoms with Crippen LogP contribution in [-0.2, 0) is 0 Å². The van der Waals surface area contributed by atoms with Crippen LogP contribution in [0.1, 0.15) is 15.9 Å². The van der Waals surface area contributed by atoms with Crippen LogP contribution >= 0.6 is 0 Å². The number of aromatic amines is 1.